The van der Waals surface area contributed by atoms with E-state index in [2.05, 4.69) is 5.32 Å². The summed E-state index contributed by atoms with van der Waals surface area (Å²) < 4.78 is 0. The first-order chi connectivity index (χ1) is 16.1. The second-order valence-electron chi connectivity index (χ2n) is 9.69. The Hall–Kier alpha value is -3.24. The minimum absolute atomic E-state index is 0.0148. The zero-order valence-electron chi connectivity index (χ0n) is 19.5. The number of carbonyl (C=O) groups excluding carboxylic acids is 2. The third-order valence-corrected chi connectivity index (χ3v) is 6.67. The Morgan fingerprint density at radius 2 is 1.31 bits per heavy atom. The van der Waals surface area contributed by atoms with Crippen LogP contribution in [0.4, 0.5) is 11.4 Å². The van der Waals surface area contributed by atoms with Crippen LogP contribution in [0.15, 0.2) is 36.4 Å². The van der Waals surface area contributed by atoms with Crippen LogP contribution in [0.3, 0.4) is 0 Å². The van der Waals surface area contributed by atoms with Gasteiger partial charge in [-0.15, -0.1) is 0 Å². The number of benzene rings is 2. The van der Waals surface area contributed by atoms with Gasteiger partial charge in [0, 0.05) is 41.4 Å². The molecule has 0 radical (unpaired) electrons. The number of nitrogens with zero attached hydrogens (tertiary/aromatic N) is 3. The van der Waals surface area contributed by atoms with Crippen LogP contribution in [0, 0.1) is 20.2 Å². The van der Waals surface area contributed by atoms with Gasteiger partial charge in [-0.05, 0) is 52.7 Å². The highest BCUT2D eigenvalue weighted by molar-refractivity contribution is 6.34. The molecule has 2 aromatic rings. The molecule has 1 heterocycles. The van der Waals surface area contributed by atoms with Crippen molar-refractivity contribution in [3.8, 4) is 0 Å². The molecule has 35 heavy (non-hydrogen) atoms. The molecule has 2 amide bonds. The number of nitro benzene ring substituents is 2. The van der Waals surface area contributed by atoms with Crippen molar-refractivity contribution in [2.45, 2.75) is 57.7 Å². The highest BCUT2D eigenvalue weighted by Gasteiger charge is 2.48. The van der Waals surface area contributed by atoms with E-state index in [4.69, 9.17) is 23.2 Å². The number of piperidine rings is 1. The van der Waals surface area contributed by atoms with Crippen LogP contribution in [0.5, 0.6) is 0 Å². The van der Waals surface area contributed by atoms with Gasteiger partial charge in [-0.2, -0.15) is 0 Å². The minimum Gasteiger partial charge on any atom is -0.349 e. The molecule has 10 nitrogen and oxygen atoms in total. The third kappa shape index (κ3) is 5.38. The number of likely N-dealkylation sites (tertiary alicyclic amines) is 1. The van der Waals surface area contributed by atoms with Crippen LogP contribution < -0.4 is 5.32 Å². The van der Waals surface area contributed by atoms with Gasteiger partial charge in [0.2, 0.25) is 0 Å². The molecule has 0 unspecified atom stereocenters. The zero-order chi connectivity index (χ0) is 26.3. The molecule has 0 aliphatic carbocycles. The van der Waals surface area contributed by atoms with E-state index >= 15 is 0 Å². The lowest BCUT2D eigenvalue weighted by atomic mass is 9.76. The maximum absolute atomic E-state index is 13.5. The van der Waals surface area contributed by atoms with Crippen molar-refractivity contribution in [1.82, 2.24) is 10.2 Å². The fourth-order valence-corrected chi connectivity index (χ4v) is 5.42. The SMILES string of the molecule is CC1(C)CC(NC(=O)c2ccc([N+](=O)[O-])cc2Cl)CC(C)(C)N1C(=O)c1ccc([N+](=O)[O-])cc1Cl. The van der Waals surface area contributed by atoms with E-state index in [9.17, 15) is 29.8 Å². The molecule has 0 aromatic heterocycles. The van der Waals surface area contributed by atoms with Crippen LogP contribution in [0.1, 0.15) is 61.3 Å². The summed E-state index contributed by atoms with van der Waals surface area (Å²) in [7, 11) is 0. The van der Waals surface area contributed by atoms with Gasteiger partial charge in [-0.3, -0.25) is 29.8 Å². The summed E-state index contributed by atoms with van der Waals surface area (Å²) in [6.45, 7) is 7.46. The summed E-state index contributed by atoms with van der Waals surface area (Å²) in [6.07, 6.45) is 0.812. The van der Waals surface area contributed by atoms with Crippen molar-refractivity contribution in [2.75, 3.05) is 0 Å². The number of non-ortho nitro benzene ring substituents is 2. The van der Waals surface area contributed by atoms with Gasteiger partial charge in [0.1, 0.15) is 0 Å². The third-order valence-electron chi connectivity index (χ3n) is 6.04. The molecule has 0 saturated carbocycles. The molecule has 2 aromatic carbocycles. The van der Waals surface area contributed by atoms with E-state index in [0.717, 1.165) is 12.1 Å². The number of amides is 2. The summed E-state index contributed by atoms with van der Waals surface area (Å²) in [5.41, 5.74) is -1.60. The zero-order valence-corrected chi connectivity index (χ0v) is 21.0. The van der Waals surface area contributed by atoms with Crippen molar-refractivity contribution >= 4 is 46.4 Å². The lowest BCUT2D eigenvalue weighted by molar-refractivity contribution is -0.385. The fraction of sp³-hybridized carbons (Fsp3) is 0.391. The molecule has 12 heteroatoms. The molecule has 186 valence electrons. The van der Waals surface area contributed by atoms with Gasteiger partial charge in [-0.25, -0.2) is 0 Å². The van der Waals surface area contributed by atoms with E-state index in [1.54, 1.807) is 4.90 Å². The molecular formula is C23H24Cl2N4O6. The first-order valence-corrected chi connectivity index (χ1v) is 11.4. The Kier molecular flexibility index (Phi) is 7.10. The monoisotopic (exact) mass is 522 g/mol. The van der Waals surface area contributed by atoms with Crippen molar-refractivity contribution in [3.63, 3.8) is 0 Å². The molecule has 1 fully saturated rings. The van der Waals surface area contributed by atoms with Gasteiger partial charge in [-0.1, -0.05) is 23.2 Å². The Bertz CT molecular complexity index is 1210. The number of halogens is 2. The second kappa shape index (κ2) is 9.43. The Balaban J connectivity index is 1.83. The lowest BCUT2D eigenvalue weighted by Gasteiger charge is -2.55. The second-order valence-corrected chi connectivity index (χ2v) is 10.5. The average molecular weight is 523 g/mol. The minimum atomic E-state index is -0.721. The summed E-state index contributed by atoms with van der Waals surface area (Å²) in [5.74, 6) is -0.845. The van der Waals surface area contributed by atoms with E-state index < -0.39 is 26.8 Å². The molecule has 0 bridgehead atoms. The molecule has 3 rings (SSSR count). The maximum atomic E-state index is 13.5. The number of hydrogen-bond donors (Lipinski definition) is 1. The Morgan fingerprint density at radius 3 is 1.71 bits per heavy atom. The predicted molar refractivity (Wildman–Crippen MR) is 131 cm³/mol. The molecule has 1 aliphatic heterocycles. The fourth-order valence-electron chi connectivity index (χ4n) is 4.91. The van der Waals surface area contributed by atoms with Crippen molar-refractivity contribution in [2.24, 2.45) is 0 Å². The van der Waals surface area contributed by atoms with E-state index in [0.29, 0.717) is 12.8 Å². The predicted octanol–water partition coefficient (Wildman–Crippen LogP) is 5.40. The van der Waals surface area contributed by atoms with Gasteiger partial charge >= 0.3 is 0 Å². The first kappa shape index (κ1) is 26.4. The topological polar surface area (TPSA) is 136 Å². The molecule has 0 atom stereocenters. The summed E-state index contributed by atoms with van der Waals surface area (Å²) in [4.78, 5) is 48.9. The van der Waals surface area contributed by atoms with Crippen molar-refractivity contribution < 1.29 is 19.4 Å². The quantitative estimate of drug-likeness (QED) is 0.412. The highest BCUT2D eigenvalue weighted by Crippen LogP contribution is 2.40. The van der Waals surface area contributed by atoms with E-state index in [1.807, 2.05) is 27.7 Å². The molecular weight excluding hydrogens is 499 g/mol. The van der Waals surface area contributed by atoms with Crippen LogP contribution in [-0.2, 0) is 0 Å². The van der Waals surface area contributed by atoms with Gasteiger partial charge in [0.05, 0.1) is 31.0 Å². The molecule has 0 spiro atoms. The van der Waals surface area contributed by atoms with E-state index in [-0.39, 0.29) is 44.5 Å². The van der Waals surface area contributed by atoms with Crippen LogP contribution in [0.2, 0.25) is 10.0 Å². The molecule has 1 aliphatic rings. The Labute approximate surface area is 211 Å². The summed E-state index contributed by atoms with van der Waals surface area (Å²) in [5, 5.41) is 24.8. The number of rotatable bonds is 5. The van der Waals surface area contributed by atoms with Crippen molar-refractivity contribution in [1.29, 1.82) is 0 Å². The average Bonchev–Trinajstić information content (AvgIpc) is 2.71. The molecule has 1 saturated heterocycles. The van der Waals surface area contributed by atoms with Gasteiger partial charge in [0.25, 0.3) is 23.2 Å². The summed E-state index contributed by atoms with van der Waals surface area (Å²) >= 11 is 12.3. The van der Waals surface area contributed by atoms with Crippen LogP contribution in [0.25, 0.3) is 0 Å². The smallest absolute Gasteiger partial charge is 0.270 e. The lowest BCUT2D eigenvalue weighted by Crippen LogP contribution is -2.66. The van der Waals surface area contributed by atoms with Crippen molar-refractivity contribution in [3.05, 3.63) is 77.8 Å². The molecule has 1 N–H and O–H groups in total. The first-order valence-electron chi connectivity index (χ1n) is 10.7. The van der Waals surface area contributed by atoms with E-state index in [1.165, 1.54) is 24.3 Å². The standard InChI is InChI=1S/C23H24Cl2N4O6/c1-22(2)11-13(26-20(30)16-7-5-14(28(32)33)9-18(16)24)12-23(3,4)27(22)21(31)17-8-6-15(29(34)35)10-19(17)25/h5-10,13H,11-12H2,1-4H3,(H,26,30). The van der Waals surface area contributed by atoms with Crippen LogP contribution >= 0.6 is 23.2 Å². The van der Waals surface area contributed by atoms with Gasteiger partial charge < -0.3 is 10.2 Å². The largest absolute Gasteiger partial charge is 0.349 e. The normalized spacial score (nSPS) is 17.0. The number of nitro groups is 2. The van der Waals surface area contributed by atoms with Gasteiger partial charge in [0.15, 0.2) is 0 Å². The number of nitrogens with one attached hydrogen (secondary N) is 1. The van der Waals surface area contributed by atoms with Crippen LogP contribution in [-0.4, -0.2) is 43.7 Å². The maximum Gasteiger partial charge on any atom is 0.270 e. The number of carbonyl (C=O) groups is 2. The number of hydrogen-bond acceptors (Lipinski definition) is 6. The Morgan fingerprint density at radius 1 is 0.886 bits per heavy atom. The summed E-state index contributed by atoms with van der Waals surface area (Å²) in [6, 6.07) is 7.05. The highest BCUT2D eigenvalue weighted by atomic mass is 35.5.